The first-order valence-electron chi connectivity index (χ1n) is 8.48. The SMILES string of the molecule is Cc1ccc(Cn2c(CCl)cc(=O)n(Cc3ccc(C)cc3)c2=O)cc1. The fourth-order valence-electron chi connectivity index (χ4n) is 2.84. The second-order valence-electron chi connectivity index (χ2n) is 6.53. The van der Waals surface area contributed by atoms with E-state index in [9.17, 15) is 9.59 Å². The van der Waals surface area contributed by atoms with Crippen LogP contribution in [0.4, 0.5) is 0 Å². The highest BCUT2D eigenvalue weighted by Crippen LogP contribution is 2.08. The van der Waals surface area contributed by atoms with Gasteiger partial charge in [0.1, 0.15) is 0 Å². The third-order valence-electron chi connectivity index (χ3n) is 4.42. The van der Waals surface area contributed by atoms with Crippen molar-refractivity contribution in [1.29, 1.82) is 0 Å². The van der Waals surface area contributed by atoms with Crippen LogP contribution in [0.5, 0.6) is 0 Å². The average molecular weight is 369 g/mol. The molecule has 0 radical (unpaired) electrons. The number of hydrogen-bond donors (Lipinski definition) is 0. The number of alkyl halides is 1. The molecule has 0 N–H and O–H groups in total. The van der Waals surface area contributed by atoms with E-state index in [1.807, 2.05) is 62.4 Å². The van der Waals surface area contributed by atoms with Crippen LogP contribution in [0.25, 0.3) is 0 Å². The average Bonchev–Trinajstić information content (AvgIpc) is 2.64. The molecule has 3 rings (SSSR count). The quantitative estimate of drug-likeness (QED) is 0.647. The van der Waals surface area contributed by atoms with Gasteiger partial charge in [0.15, 0.2) is 0 Å². The Morgan fingerprint density at radius 1 is 0.769 bits per heavy atom. The topological polar surface area (TPSA) is 44.0 Å². The molecule has 0 aliphatic heterocycles. The summed E-state index contributed by atoms with van der Waals surface area (Å²) in [5.74, 6) is 0.113. The number of aromatic nitrogens is 2. The Bertz CT molecular complexity index is 1020. The molecule has 134 valence electrons. The van der Waals surface area contributed by atoms with Gasteiger partial charge in [0.05, 0.1) is 19.0 Å². The monoisotopic (exact) mass is 368 g/mol. The van der Waals surface area contributed by atoms with Gasteiger partial charge in [-0.15, -0.1) is 11.6 Å². The summed E-state index contributed by atoms with van der Waals surface area (Å²) >= 11 is 5.99. The highest BCUT2D eigenvalue weighted by molar-refractivity contribution is 6.16. The molecule has 1 aromatic heterocycles. The van der Waals surface area contributed by atoms with E-state index in [0.717, 1.165) is 22.3 Å². The molecule has 4 nitrogen and oxygen atoms in total. The van der Waals surface area contributed by atoms with Crippen LogP contribution >= 0.6 is 11.6 Å². The van der Waals surface area contributed by atoms with Gasteiger partial charge in [0, 0.05) is 11.8 Å². The molecule has 5 heteroatoms. The normalized spacial score (nSPS) is 10.9. The van der Waals surface area contributed by atoms with E-state index in [0.29, 0.717) is 12.2 Å². The Balaban J connectivity index is 2.03. The Hall–Kier alpha value is -2.59. The van der Waals surface area contributed by atoms with Gasteiger partial charge in [-0.2, -0.15) is 0 Å². The van der Waals surface area contributed by atoms with Crippen molar-refractivity contribution < 1.29 is 0 Å². The van der Waals surface area contributed by atoms with Crippen molar-refractivity contribution in [2.45, 2.75) is 32.8 Å². The first-order valence-corrected chi connectivity index (χ1v) is 9.02. The minimum absolute atomic E-state index is 0.113. The number of halogens is 1. The van der Waals surface area contributed by atoms with Crippen LogP contribution in [0.15, 0.2) is 64.2 Å². The molecule has 0 spiro atoms. The highest BCUT2D eigenvalue weighted by Gasteiger charge is 2.12. The second kappa shape index (κ2) is 7.75. The van der Waals surface area contributed by atoms with E-state index >= 15 is 0 Å². The summed E-state index contributed by atoms with van der Waals surface area (Å²) in [4.78, 5) is 25.4. The fraction of sp³-hybridized carbons (Fsp3) is 0.238. The smallest absolute Gasteiger partial charge is 0.292 e. The molecule has 0 bridgehead atoms. The molecule has 0 fully saturated rings. The summed E-state index contributed by atoms with van der Waals surface area (Å²) in [5, 5.41) is 0. The number of rotatable bonds is 5. The van der Waals surface area contributed by atoms with Gasteiger partial charge in [-0.25, -0.2) is 4.79 Å². The van der Waals surface area contributed by atoms with Crippen molar-refractivity contribution in [2.24, 2.45) is 0 Å². The van der Waals surface area contributed by atoms with Crippen LogP contribution in [-0.4, -0.2) is 9.13 Å². The summed E-state index contributed by atoms with van der Waals surface area (Å²) in [5.41, 5.74) is 4.06. The fourth-order valence-corrected chi connectivity index (χ4v) is 3.06. The zero-order valence-electron chi connectivity index (χ0n) is 14.9. The Morgan fingerprint density at radius 3 is 1.69 bits per heavy atom. The first kappa shape index (κ1) is 18.2. The van der Waals surface area contributed by atoms with Gasteiger partial charge >= 0.3 is 5.69 Å². The molecule has 2 aromatic carbocycles. The zero-order valence-corrected chi connectivity index (χ0v) is 15.7. The summed E-state index contributed by atoms with van der Waals surface area (Å²) in [7, 11) is 0. The van der Waals surface area contributed by atoms with E-state index < -0.39 is 0 Å². The maximum atomic E-state index is 13.0. The van der Waals surface area contributed by atoms with Gasteiger partial charge in [-0.1, -0.05) is 59.7 Å². The molecule has 0 saturated carbocycles. The lowest BCUT2D eigenvalue weighted by molar-refractivity contribution is 0.595. The van der Waals surface area contributed by atoms with Gasteiger partial charge in [-0.3, -0.25) is 13.9 Å². The number of hydrogen-bond acceptors (Lipinski definition) is 2. The van der Waals surface area contributed by atoms with Crippen molar-refractivity contribution in [3.05, 3.63) is 103 Å². The summed E-state index contributed by atoms with van der Waals surface area (Å²) in [6.07, 6.45) is 0. The number of aryl methyl sites for hydroxylation is 2. The molecule has 0 atom stereocenters. The Labute approximate surface area is 157 Å². The van der Waals surface area contributed by atoms with Gasteiger partial charge in [-0.05, 0) is 25.0 Å². The number of benzene rings is 2. The number of nitrogens with zero attached hydrogens (tertiary/aromatic N) is 2. The summed E-state index contributed by atoms with van der Waals surface area (Å²) in [6, 6.07) is 17.2. The van der Waals surface area contributed by atoms with Gasteiger partial charge < -0.3 is 0 Å². The van der Waals surface area contributed by atoms with Gasteiger partial charge in [0.2, 0.25) is 0 Å². The van der Waals surface area contributed by atoms with Crippen molar-refractivity contribution in [1.82, 2.24) is 9.13 Å². The molecule has 0 aliphatic rings. The molecule has 0 unspecified atom stereocenters. The van der Waals surface area contributed by atoms with E-state index in [-0.39, 0.29) is 23.7 Å². The predicted molar refractivity (Wildman–Crippen MR) is 105 cm³/mol. The van der Waals surface area contributed by atoms with Crippen LogP contribution in [-0.2, 0) is 19.0 Å². The molecule has 0 saturated heterocycles. The lowest BCUT2D eigenvalue weighted by Gasteiger charge is -2.14. The standard InChI is InChI=1S/C21H21ClN2O2/c1-15-3-7-17(8-4-15)13-23-19(12-22)11-20(25)24(21(23)26)14-18-9-5-16(2)6-10-18/h3-11H,12-14H2,1-2H3. The minimum atomic E-state index is -0.339. The van der Waals surface area contributed by atoms with E-state index in [1.54, 1.807) is 4.57 Å². The van der Waals surface area contributed by atoms with E-state index in [1.165, 1.54) is 10.6 Å². The molecule has 26 heavy (non-hydrogen) atoms. The molecular weight excluding hydrogens is 348 g/mol. The maximum Gasteiger partial charge on any atom is 0.331 e. The van der Waals surface area contributed by atoms with Gasteiger partial charge in [0.25, 0.3) is 5.56 Å². The van der Waals surface area contributed by atoms with Crippen LogP contribution in [0.3, 0.4) is 0 Å². The molecular formula is C21H21ClN2O2. The minimum Gasteiger partial charge on any atom is -0.292 e. The van der Waals surface area contributed by atoms with Crippen LogP contribution in [0, 0.1) is 13.8 Å². The third kappa shape index (κ3) is 3.97. The lowest BCUT2D eigenvalue weighted by Crippen LogP contribution is -2.41. The maximum absolute atomic E-state index is 13.0. The van der Waals surface area contributed by atoms with Crippen molar-refractivity contribution in [3.63, 3.8) is 0 Å². The lowest BCUT2D eigenvalue weighted by atomic mass is 10.1. The summed E-state index contributed by atoms with van der Waals surface area (Å²) < 4.78 is 2.84. The molecule has 0 aliphatic carbocycles. The zero-order chi connectivity index (χ0) is 18.7. The van der Waals surface area contributed by atoms with Crippen LogP contribution in [0.1, 0.15) is 27.9 Å². The van der Waals surface area contributed by atoms with Crippen molar-refractivity contribution in [3.8, 4) is 0 Å². The van der Waals surface area contributed by atoms with Crippen molar-refractivity contribution >= 4 is 11.6 Å². The Morgan fingerprint density at radius 2 is 1.23 bits per heavy atom. The van der Waals surface area contributed by atoms with E-state index in [4.69, 9.17) is 11.6 Å². The van der Waals surface area contributed by atoms with Crippen LogP contribution < -0.4 is 11.2 Å². The predicted octanol–water partition coefficient (Wildman–Crippen LogP) is 3.46. The third-order valence-corrected chi connectivity index (χ3v) is 4.70. The Kier molecular flexibility index (Phi) is 5.43. The molecule has 1 heterocycles. The molecule has 3 aromatic rings. The highest BCUT2D eigenvalue weighted by atomic mass is 35.5. The second-order valence-corrected chi connectivity index (χ2v) is 6.80. The van der Waals surface area contributed by atoms with Crippen molar-refractivity contribution in [2.75, 3.05) is 0 Å². The van der Waals surface area contributed by atoms with E-state index in [2.05, 4.69) is 0 Å². The summed E-state index contributed by atoms with van der Waals surface area (Å²) in [6.45, 7) is 4.64. The largest absolute Gasteiger partial charge is 0.331 e. The first-order chi connectivity index (χ1) is 12.5. The molecule has 0 amide bonds. The van der Waals surface area contributed by atoms with Crippen LogP contribution in [0.2, 0.25) is 0 Å².